The number of rotatable bonds is 3. The summed E-state index contributed by atoms with van der Waals surface area (Å²) in [5, 5.41) is 5.11. The Morgan fingerprint density at radius 2 is 0.979 bits per heavy atom. The molecule has 0 amide bonds. The van der Waals surface area contributed by atoms with Crippen LogP contribution >= 0.6 is 0 Å². The van der Waals surface area contributed by atoms with Gasteiger partial charge in [0.1, 0.15) is 0 Å². The van der Waals surface area contributed by atoms with Crippen LogP contribution in [0.3, 0.4) is 0 Å². The zero-order valence-corrected chi connectivity index (χ0v) is 26.5. The van der Waals surface area contributed by atoms with E-state index in [4.69, 9.17) is 0 Å². The summed E-state index contributed by atoms with van der Waals surface area (Å²) in [5.41, 5.74) is 17.9. The maximum atomic E-state index is 2.46. The zero-order chi connectivity index (χ0) is 31.2. The molecule has 0 saturated carbocycles. The van der Waals surface area contributed by atoms with E-state index in [1.807, 2.05) is 0 Å². The predicted octanol–water partition coefficient (Wildman–Crippen LogP) is 11.7. The van der Waals surface area contributed by atoms with Crippen LogP contribution in [0.25, 0.3) is 77.2 Å². The molecule has 0 atom stereocenters. The largest absolute Gasteiger partial charge is 0.309 e. The summed E-state index contributed by atoms with van der Waals surface area (Å²) in [6.07, 6.45) is 0.984. The van der Waals surface area contributed by atoms with Crippen molar-refractivity contribution in [1.29, 1.82) is 0 Å². The molecule has 47 heavy (non-hydrogen) atoms. The van der Waals surface area contributed by atoms with E-state index in [0.29, 0.717) is 0 Å². The van der Waals surface area contributed by atoms with Gasteiger partial charge in [0, 0.05) is 32.9 Å². The van der Waals surface area contributed by atoms with Crippen LogP contribution in [0.15, 0.2) is 146 Å². The smallest absolute Gasteiger partial charge is 0.0547 e. The number of aryl methyl sites for hydroxylation is 2. The van der Waals surface area contributed by atoms with Crippen LogP contribution in [0.2, 0.25) is 0 Å². The molecule has 10 rings (SSSR count). The number of hydrogen-bond acceptors (Lipinski definition) is 0. The first kappa shape index (κ1) is 26.4. The fraction of sp³-hybridized carbons (Fsp3) is 0.0667. The molecule has 0 radical (unpaired) electrons. The molecule has 0 N–H and O–H groups in total. The van der Waals surface area contributed by atoms with Crippen molar-refractivity contribution in [1.82, 2.24) is 9.13 Å². The Morgan fingerprint density at radius 1 is 0.383 bits per heavy atom. The number of fused-ring (bicyclic) bond motifs is 9. The van der Waals surface area contributed by atoms with Crippen molar-refractivity contribution < 1.29 is 0 Å². The molecule has 2 heteroatoms. The molecule has 1 aliphatic rings. The van der Waals surface area contributed by atoms with Crippen molar-refractivity contribution in [3.05, 3.63) is 168 Å². The number of aromatic nitrogens is 2. The van der Waals surface area contributed by atoms with Crippen LogP contribution in [0, 0.1) is 13.8 Å². The number of nitrogens with zero attached hydrogens (tertiary/aromatic N) is 2. The summed E-state index contributed by atoms with van der Waals surface area (Å²) in [6, 6.07) is 54.3. The summed E-state index contributed by atoms with van der Waals surface area (Å²) >= 11 is 0. The lowest BCUT2D eigenvalue weighted by Crippen LogP contribution is -1.96. The van der Waals surface area contributed by atoms with Crippen LogP contribution in [-0.4, -0.2) is 9.13 Å². The Kier molecular flexibility index (Phi) is 5.51. The van der Waals surface area contributed by atoms with Gasteiger partial charge in [0.15, 0.2) is 0 Å². The SMILES string of the molecule is Cc1cc(C)cc(-n2c3ccccc3c3cc(-c4ccc5c6ccccc6n(-c6ccc7c(c6)Cc6ccccc6-7)c5c4)ccc32)c1. The molecular formula is C45H32N2. The van der Waals surface area contributed by atoms with Gasteiger partial charge in [-0.25, -0.2) is 0 Å². The normalized spacial score (nSPS) is 12.4. The van der Waals surface area contributed by atoms with Crippen LogP contribution in [0.4, 0.5) is 0 Å². The second-order valence-electron chi connectivity index (χ2n) is 13.2. The Morgan fingerprint density at radius 3 is 1.79 bits per heavy atom. The summed E-state index contributed by atoms with van der Waals surface area (Å²) < 4.78 is 4.88. The van der Waals surface area contributed by atoms with E-state index in [0.717, 1.165) is 6.42 Å². The van der Waals surface area contributed by atoms with Crippen molar-refractivity contribution in [3.8, 4) is 33.6 Å². The molecule has 7 aromatic carbocycles. The first-order chi connectivity index (χ1) is 23.1. The average Bonchev–Trinajstić information content (AvgIpc) is 3.74. The van der Waals surface area contributed by atoms with Crippen LogP contribution in [-0.2, 0) is 6.42 Å². The highest BCUT2D eigenvalue weighted by molar-refractivity contribution is 6.12. The monoisotopic (exact) mass is 600 g/mol. The van der Waals surface area contributed by atoms with Gasteiger partial charge < -0.3 is 9.13 Å². The molecule has 222 valence electrons. The molecule has 2 nitrogen and oxygen atoms in total. The van der Waals surface area contributed by atoms with Crippen molar-refractivity contribution >= 4 is 43.6 Å². The molecule has 0 bridgehead atoms. The quantitative estimate of drug-likeness (QED) is 0.191. The third-order valence-corrected chi connectivity index (χ3v) is 10.2. The highest BCUT2D eigenvalue weighted by atomic mass is 15.0. The second-order valence-corrected chi connectivity index (χ2v) is 13.2. The minimum absolute atomic E-state index is 0.984. The predicted molar refractivity (Wildman–Crippen MR) is 198 cm³/mol. The summed E-state index contributed by atoms with van der Waals surface area (Å²) in [5.74, 6) is 0. The fourth-order valence-electron chi connectivity index (χ4n) is 8.21. The van der Waals surface area contributed by atoms with Gasteiger partial charge in [-0.05, 0) is 119 Å². The highest BCUT2D eigenvalue weighted by Gasteiger charge is 2.20. The minimum Gasteiger partial charge on any atom is -0.309 e. The summed E-state index contributed by atoms with van der Waals surface area (Å²) in [4.78, 5) is 0. The molecule has 0 spiro atoms. The van der Waals surface area contributed by atoms with Gasteiger partial charge in [-0.15, -0.1) is 0 Å². The molecular weight excluding hydrogens is 569 g/mol. The molecule has 0 saturated heterocycles. The molecule has 9 aromatic rings. The van der Waals surface area contributed by atoms with Crippen LogP contribution in [0.5, 0.6) is 0 Å². The highest BCUT2D eigenvalue weighted by Crippen LogP contribution is 2.41. The first-order valence-electron chi connectivity index (χ1n) is 16.5. The Hall–Kier alpha value is -5.86. The lowest BCUT2D eigenvalue weighted by atomic mass is 10.0. The van der Waals surface area contributed by atoms with E-state index in [9.17, 15) is 0 Å². The van der Waals surface area contributed by atoms with E-state index in [1.165, 1.54) is 99.5 Å². The Bertz CT molecular complexity index is 2710. The van der Waals surface area contributed by atoms with Gasteiger partial charge in [-0.1, -0.05) is 91.0 Å². The average molecular weight is 601 g/mol. The number of para-hydroxylation sites is 2. The molecule has 0 fully saturated rings. The van der Waals surface area contributed by atoms with Gasteiger partial charge >= 0.3 is 0 Å². The maximum absolute atomic E-state index is 2.46. The Balaban J connectivity index is 1.17. The second kappa shape index (κ2) is 9.82. The van der Waals surface area contributed by atoms with Gasteiger partial charge in [0.05, 0.1) is 22.1 Å². The van der Waals surface area contributed by atoms with Crippen molar-refractivity contribution in [2.75, 3.05) is 0 Å². The van der Waals surface area contributed by atoms with Gasteiger partial charge in [0.2, 0.25) is 0 Å². The molecule has 2 heterocycles. The number of hydrogen-bond donors (Lipinski definition) is 0. The molecule has 2 aromatic heterocycles. The summed E-state index contributed by atoms with van der Waals surface area (Å²) in [7, 11) is 0. The topological polar surface area (TPSA) is 9.86 Å². The van der Waals surface area contributed by atoms with Crippen molar-refractivity contribution in [3.63, 3.8) is 0 Å². The fourth-order valence-corrected chi connectivity index (χ4v) is 8.21. The molecule has 1 aliphatic carbocycles. The molecule has 0 unspecified atom stereocenters. The third kappa shape index (κ3) is 3.91. The van der Waals surface area contributed by atoms with E-state index >= 15 is 0 Å². The standard InChI is InChI=1S/C45H32N2/c1-28-21-29(2)23-35(22-28)47-43-14-8-6-12-39(43)41-26-30(16-20-44(41)47)31-15-18-40-38-11-5-7-13-42(38)46(45(40)27-31)34-17-19-37-33(25-34)24-32-9-3-4-10-36(32)37/h3-23,25-27H,24H2,1-2H3. The van der Waals surface area contributed by atoms with Gasteiger partial charge in [-0.3, -0.25) is 0 Å². The van der Waals surface area contributed by atoms with E-state index in [1.54, 1.807) is 0 Å². The molecule has 0 aliphatic heterocycles. The van der Waals surface area contributed by atoms with E-state index in [2.05, 4.69) is 169 Å². The maximum Gasteiger partial charge on any atom is 0.0547 e. The van der Waals surface area contributed by atoms with E-state index in [-0.39, 0.29) is 0 Å². The number of benzene rings is 7. The zero-order valence-electron chi connectivity index (χ0n) is 26.5. The lowest BCUT2D eigenvalue weighted by molar-refractivity contribution is 1.16. The van der Waals surface area contributed by atoms with E-state index < -0.39 is 0 Å². The van der Waals surface area contributed by atoms with Crippen LogP contribution < -0.4 is 0 Å². The third-order valence-electron chi connectivity index (χ3n) is 10.2. The van der Waals surface area contributed by atoms with Gasteiger partial charge in [0.25, 0.3) is 0 Å². The first-order valence-corrected chi connectivity index (χ1v) is 16.5. The van der Waals surface area contributed by atoms with Crippen LogP contribution in [0.1, 0.15) is 22.3 Å². The van der Waals surface area contributed by atoms with Gasteiger partial charge in [-0.2, -0.15) is 0 Å². The van der Waals surface area contributed by atoms with Crippen molar-refractivity contribution in [2.45, 2.75) is 20.3 Å². The lowest BCUT2D eigenvalue weighted by Gasteiger charge is -2.12. The summed E-state index contributed by atoms with van der Waals surface area (Å²) in [6.45, 7) is 4.36. The minimum atomic E-state index is 0.984. The Labute approximate surface area is 273 Å². The van der Waals surface area contributed by atoms with Crippen molar-refractivity contribution in [2.24, 2.45) is 0 Å².